The van der Waals surface area contributed by atoms with Gasteiger partial charge < -0.3 is 9.26 Å². The smallest absolute Gasteiger partial charge is 0.307 e. The first kappa shape index (κ1) is 21.1. The molecule has 0 amide bonds. The zero-order chi connectivity index (χ0) is 19.6. The predicted octanol–water partition coefficient (Wildman–Crippen LogP) is 5.01. The highest BCUT2D eigenvalue weighted by Gasteiger charge is 2.52. The Morgan fingerprint density at radius 1 is 1.31 bits per heavy atom. The molecule has 1 fully saturated rings. The molecule has 0 saturated carbocycles. The molecular formula is C20H33NO4Si. The summed E-state index contributed by atoms with van der Waals surface area (Å²) in [6, 6.07) is 10.1. The highest BCUT2D eigenvalue weighted by molar-refractivity contribution is 6.74. The SMILES string of the molecule is CC[C@@]1(CC(=O)OC)C[C@@H](c2ccccc2)ON1O[Si](C)(C)C(C)(C)C. The summed E-state index contributed by atoms with van der Waals surface area (Å²) in [5.41, 5.74) is 0.569. The fourth-order valence-electron chi connectivity index (χ4n) is 2.87. The molecule has 0 aliphatic carbocycles. The van der Waals surface area contributed by atoms with Gasteiger partial charge in [-0.05, 0) is 30.1 Å². The Kier molecular flexibility index (Phi) is 6.33. The van der Waals surface area contributed by atoms with Crippen molar-refractivity contribution in [3.8, 4) is 0 Å². The number of hydrogen-bond acceptors (Lipinski definition) is 5. The van der Waals surface area contributed by atoms with Crippen LogP contribution in [0.25, 0.3) is 0 Å². The molecule has 1 aliphatic rings. The minimum absolute atomic E-state index is 0.0337. The van der Waals surface area contributed by atoms with Crippen LogP contribution in [0, 0.1) is 0 Å². The van der Waals surface area contributed by atoms with Crippen molar-refractivity contribution in [2.24, 2.45) is 0 Å². The van der Waals surface area contributed by atoms with Crippen molar-refractivity contribution in [2.75, 3.05) is 7.11 Å². The molecule has 0 bridgehead atoms. The number of ether oxygens (including phenoxy) is 1. The molecule has 1 heterocycles. The van der Waals surface area contributed by atoms with Crippen LogP contribution in [-0.4, -0.2) is 32.2 Å². The van der Waals surface area contributed by atoms with Crippen molar-refractivity contribution < 1.29 is 18.9 Å². The zero-order valence-electron chi connectivity index (χ0n) is 17.2. The van der Waals surface area contributed by atoms with E-state index < -0.39 is 13.9 Å². The second-order valence-corrected chi connectivity index (χ2v) is 13.4. The summed E-state index contributed by atoms with van der Waals surface area (Å²) in [7, 11) is -0.692. The Hall–Kier alpha value is -1.21. The monoisotopic (exact) mass is 379 g/mol. The Morgan fingerprint density at radius 2 is 1.92 bits per heavy atom. The predicted molar refractivity (Wildman–Crippen MR) is 105 cm³/mol. The van der Waals surface area contributed by atoms with Crippen molar-refractivity contribution >= 4 is 14.3 Å². The largest absolute Gasteiger partial charge is 0.469 e. The lowest BCUT2D eigenvalue weighted by Crippen LogP contribution is -2.53. The molecule has 1 aromatic rings. The van der Waals surface area contributed by atoms with Gasteiger partial charge in [-0.1, -0.05) is 63.3 Å². The van der Waals surface area contributed by atoms with E-state index in [2.05, 4.69) is 52.9 Å². The molecule has 0 spiro atoms. The van der Waals surface area contributed by atoms with Crippen LogP contribution < -0.4 is 0 Å². The van der Waals surface area contributed by atoms with Crippen LogP contribution in [-0.2, 0) is 18.9 Å². The summed E-state index contributed by atoms with van der Waals surface area (Å²) < 4.78 is 11.5. The number of benzene rings is 1. The van der Waals surface area contributed by atoms with Crippen LogP contribution in [0.3, 0.4) is 0 Å². The number of hydroxylamine groups is 2. The van der Waals surface area contributed by atoms with E-state index in [4.69, 9.17) is 14.1 Å². The maximum absolute atomic E-state index is 12.1. The van der Waals surface area contributed by atoms with Gasteiger partial charge >= 0.3 is 5.97 Å². The first-order chi connectivity index (χ1) is 12.0. The van der Waals surface area contributed by atoms with Crippen molar-refractivity contribution in [1.29, 1.82) is 0 Å². The molecule has 26 heavy (non-hydrogen) atoms. The lowest BCUT2D eigenvalue weighted by Gasteiger charge is -2.43. The molecule has 1 aromatic carbocycles. The zero-order valence-corrected chi connectivity index (χ0v) is 18.2. The standard InChI is InChI=1S/C20H33NO4Si/c1-8-20(15-18(22)23-5)14-17(16-12-10-9-11-13-16)24-21(20)25-26(6,7)19(2,3)4/h9-13,17H,8,14-15H2,1-7H3/t17-,20-/m0/s1. The van der Waals surface area contributed by atoms with Gasteiger partial charge in [0.2, 0.25) is 8.32 Å². The molecule has 0 radical (unpaired) electrons. The van der Waals surface area contributed by atoms with Crippen LogP contribution in [0.2, 0.25) is 18.1 Å². The quantitative estimate of drug-likeness (QED) is 0.513. The number of carbonyl (C=O) groups is 1. The molecule has 2 atom stereocenters. The van der Waals surface area contributed by atoms with Gasteiger partial charge in [0.05, 0.1) is 19.1 Å². The van der Waals surface area contributed by atoms with Crippen molar-refractivity contribution in [2.45, 2.75) is 76.7 Å². The van der Waals surface area contributed by atoms with E-state index in [0.717, 1.165) is 12.0 Å². The van der Waals surface area contributed by atoms with Crippen molar-refractivity contribution in [3.63, 3.8) is 0 Å². The number of rotatable bonds is 6. The lowest BCUT2D eigenvalue weighted by molar-refractivity contribution is -0.352. The number of methoxy groups -OCH3 is 1. The second kappa shape index (κ2) is 7.80. The first-order valence-electron chi connectivity index (χ1n) is 9.32. The van der Waals surface area contributed by atoms with Crippen molar-refractivity contribution in [1.82, 2.24) is 5.23 Å². The molecule has 5 nitrogen and oxygen atoms in total. The van der Waals surface area contributed by atoms with Crippen LogP contribution >= 0.6 is 0 Å². The molecule has 146 valence electrons. The van der Waals surface area contributed by atoms with E-state index in [-0.39, 0.29) is 23.5 Å². The van der Waals surface area contributed by atoms with Gasteiger partial charge in [-0.2, -0.15) is 0 Å². The average Bonchev–Trinajstić information content (AvgIpc) is 2.92. The fraction of sp³-hybridized carbons (Fsp3) is 0.650. The topological polar surface area (TPSA) is 48.0 Å². The van der Waals surface area contributed by atoms with E-state index in [1.54, 1.807) is 5.23 Å². The van der Waals surface area contributed by atoms with E-state index in [1.165, 1.54) is 7.11 Å². The van der Waals surface area contributed by atoms with Gasteiger partial charge in [-0.25, -0.2) is 0 Å². The summed E-state index contributed by atoms with van der Waals surface area (Å²) in [4.78, 5) is 18.4. The summed E-state index contributed by atoms with van der Waals surface area (Å²) in [5, 5.41) is 1.69. The molecule has 1 aliphatic heterocycles. The lowest BCUT2D eigenvalue weighted by atomic mass is 9.86. The van der Waals surface area contributed by atoms with Crippen molar-refractivity contribution in [3.05, 3.63) is 35.9 Å². The van der Waals surface area contributed by atoms with Crippen LogP contribution in [0.5, 0.6) is 0 Å². The Balaban J connectivity index is 2.35. The van der Waals surface area contributed by atoms with Gasteiger partial charge in [0.15, 0.2) is 0 Å². The number of nitrogens with zero attached hydrogens (tertiary/aromatic N) is 1. The van der Waals surface area contributed by atoms with Crippen LogP contribution in [0.4, 0.5) is 0 Å². The third-order valence-electron chi connectivity index (χ3n) is 5.82. The van der Waals surface area contributed by atoms with E-state index in [1.807, 2.05) is 18.2 Å². The van der Waals surface area contributed by atoms with E-state index in [9.17, 15) is 4.79 Å². The fourth-order valence-corrected chi connectivity index (χ4v) is 3.79. The van der Waals surface area contributed by atoms with Gasteiger partial charge in [-0.15, -0.1) is 0 Å². The molecule has 1 saturated heterocycles. The van der Waals surface area contributed by atoms with E-state index >= 15 is 0 Å². The maximum Gasteiger partial charge on any atom is 0.307 e. The summed E-state index contributed by atoms with van der Waals surface area (Å²) in [6.07, 6.45) is 1.54. The second-order valence-electron chi connectivity index (χ2n) is 8.65. The van der Waals surface area contributed by atoms with Crippen LogP contribution in [0.1, 0.15) is 58.6 Å². The molecule has 6 heteroatoms. The highest BCUT2D eigenvalue weighted by Crippen LogP contribution is 2.47. The van der Waals surface area contributed by atoms with Gasteiger partial charge in [0.1, 0.15) is 6.10 Å². The summed E-state index contributed by atoms with van der Waals surface area (Å²) in [5.74, 6) is -0.243. The number of hydrogen-bond donors (Lipinski definition) is 0. The summed E-state index contributed by atoms with van der Waals surface area (Å²) >= 11 is 0. The Bertz CT molecular complexity index is 614. The minimum Gasteiger partial charge on any atom is -0.469 e. The van der Waals surface area contributed by atoms with Gasteiger partial charge in [-0.3, -0.25) is 9.63 Å². The molecular weight excluding hydrogens is 346 g/mol. The average molecular weight is 380 g/mol. The third-order valence-corrected chi connectivity index (χ3v) is 10.1. The Labute approximate surface area is 158 Å². The highest BCUT2D eigenvalue weighted by atomic mass is 28.4. The van der Waals surface area contributed by atoms with E-state index in [0.29, 0.717) is 6.42 Å². The third kappa shape index (κ3) is 4.36. The van der Waals surface area contributed by atoms with Gasteiger partial charge in [0.25, 0.3) is 0 Å². The normalized spacial score (nSPS) is 24.7. The summed E-state index contributed by atoms with van der Waals surface area (Å²) in [6.45, 7) is 13.0. The minimum atomic E-state index is -2.12. The molecule has 0 aromatic heterocycles. The maximum atomic E-state index is 12.1. The number of esters is 1. The molecule has 2 rings (SSSR count). The molecule has 0 N–H and O–H groups in total. The first-order valence-corrected chi connectivity index (χ1v) is 12.2. The Morgan fingerprint density at radius 3 is 2.42 bits per heavy atom. The van der Waals surface area contributed by atoms with Gasteiger partial charge in [0, 0.05) is 6.42 Å². The van der Waals surface area contributed by atoms with Crippen LogP contribution in [0.15, 0.2) is 30.3 Å². The number of carbonyl (C=O) groups excluding carboxylic acids is 1. The molecule has 0 unspecified atom stereocenters.